The van der Waals surface area contributed by atoms with Gasteiger partial charge in [0.1, 0.15) is 0 Å². The Hall–Kier alpha value is -2.28. The standard InChI is InChI=1S/C22H35N5O2/c1-3-20(27-12-9-17-7-5-6-8-18(17)16-27)15-24-21(23)25-19-10-13-26(14-11-19)22(28)29-4-2/h5-8,19-20H,3-4,9-16H2,1-2H3,(H3,23,24,25). The summed E-state index contributed by atoms with van der Waals surface area (Å²) >= 11 is 0. The van der Waals surface area contributed by atoms with Gasteiger partial charge in [-0.15, -0.1) is 0 Å². The lowest BCUT2D eigenvalue weighted by atomic mass is 9.98. The lowest BCUT2D eigenvalue weighted by molar-refractivity contribution is 0.0963. The number of nitrogens with two attached hydrogens (primary N) is 1. The van der Waals surface area contributed by atoms with Gasteiger partial charge in [0.25, 0.3) is 0 Å². The van der Waals surface area contributed by atoms with Gasteiger partial charge in [-0.25, -0.2) is 4.79 Å². The van der Waals surface area contributed by atoms with E-state index in [1.54, 1.807) is 4.90 Å². The van der Waals surface area contributed by atoms with Crippen molar-refractivity contribution in [1.29, 1.82) is 0 Å². The molecule has 0 aliphatic carbocycles. The number of piperidine rings is 1. The molecule has 3 N–H and O–H groups in total. The van der Waals surface area contributed by atoms with Gasteiger partial charge in [-0.3, -0.25) is 9.89 Å². The topological polar surface area (TPSA) is 83.2 Å². The number of aliphatic imine (C=N–C) groups is 1. The highest BCUT2D eigenvalue weighted by atomic mass is 16.6. The zero-order valence-corrected chi connectivity index (χ0v) is 17.8. The normalized spacial score (nSPS) is 19.5. The van der Waals surface area contributed by atoms with E-state index in [4.69, 9.17) is 10.5 Å². The molecule has 0 radical (unpaired) electrons. The third kappa shape index (κ3) is 5.85. The molecule has 1 unspecified atom stereocenters. The zero-order valence-electron chi connectivity index (χ0n) is 17.8. The van der Waals surface area contributed by atoms with Gasteiger partial charge in [-0.05, 0) is 43.7 Å². The molecule has 1 saturated heterocycles. The van der Waals surface area contributed by atoms with E-state index in [1.807, 2.05) is 6.92 Å². The third-order valence-electron chi connectivity index (χ3n) is 5.99. The molecule has 1 atom stereocenters. The SMILES string of the molecule is CCOC(=O)N1CCC(NC(N)=NCC(CC)N2CCc3ccccc3C2)CC1. The van der Waals surface area contributed by atoms with Crippen LogP contribution in [0.1, 0.15) is 44.2 Å². The Balaban J connectivity index is 1.46. The van der Waals surface area contributed by atoms with Crippen molar-refractivity contribution >= 4 is 12.1 Å². The summed E-state index contributed by atoms with van der Waals surface area (Å²) in [5.74, 6) is 0.510. The fourth-order valence-electron chi connectivity index (χ4n) is 4.21. The first-order valence-electron chi connectivity index (χ1n) is 10.9. The summed E-state index contributed by atoms with van der Waals surface area (Å²) in [7, 11) is 0. The molecule has 0 aromatic heterocycles. The van der Waals surface area contributed by atoms with Crippen molar-refractivity contribution in [3.63, 3.8) is 0 Å². The molecule has 2 aliphatic heterocycles. The maximum absolute atomic E-state index is 11.8. The van der Waals surface area contributed by atoms with Crippen LogP contribution < -0.4 is 11.1 Å². The fourth-order valence-corrected chi connectivity index (χ4v) is 4.21. The maximum Gasteiger partial charge on any atom is 0.409 e. The number of ether oxygens (including phenoxy) is 1. The van der Waals surface area contributed by atoms with Crippen LogP contribution in [0.2, 0.25) is 0 Å². The number of guanidine groups is 1. The molecule has 1 fully saturated rings. The number of carbonyl (C=O) groups excluding carboxylic acids is 1. The second kappa shape index (κ2) is 10.5. The summed E-state index contributed by atoms with van der Waals surface area (Å²) in [6.07, 6.45) is 3.64. The van der Waals surface area contributed by atoms with E-state index >= 15 is 0 Å². The van der Waals surface area contributed by atoms with Crippen molar-refractivity contribution in [2.45, 2.75) is 58.2 Å². The number of hydrogen-bond donors (Lipinski definition) is 2. The Kier molecular flexibility index (Phi) is 7.75. The molecule has 7 heteroatoms. The summed E-state index contributed by atoms with van der Waals surface area (Å²) in [5, 5.41) is 3.34. The molecule has 2 heterocycles. The first-order valence-corrected chi connectivity index (χ1v) is 10.9. The van der Waals surface area contributed by atoms with Crippen molar-refractivity contribution in [2.24, 2.45) is 10.7 Å². The predicted molar refractivity (Wildman–Crippen MR) is 116 cm³/mol. The van der Waals surface area contributed by atoms with Crippen molar-refractivity contribution in [2.75, 3.05) is 32.8 Å². The van der Waals surface area contributed by atoms with Gasteiger partial charge in [-0.1, -0.05) is 31.2 Å². The van der Waals surface area contributed by atoms with Crippen molar-refractivity contribution < 1.29 is 9.53 Å². The summed E-state index contributed by atoms with van der Waals surface area (Å²) in [4.78, 5) is 20.7. The Morgan fingerprint density at radius 3 is 2.66 bits per heavy atom. The zero-order chi connectivity index (χ0) is 20.6. The van der Waals surface area contributed by atoms with Crippen LogP contribution in [0.5, 0.6) is 0 Å². The van der Waals surface area contributed by atoms with Gasteiger partial charge >= 0.3 is 6.09 Å². The van der Waals surface area contributed by atoms with E-state index in [0.717, 1.165) is 38.8 Å². The molecule has 0 saturated carbocycles. The van der Waals surface area contributed by atoms with Crippen molar-refractivity contribution in [3.05, 3.63) is 35.4 Å². The van der Waals surface area contributed by atoms with E-state index in [2.05, 4.69) is 46.4 Å². The van der Waals surface area contributed by atoms with E-state index < -0.39 is 0 Å². The number of nitrogens with one attached hydrogen (secondary N) is 1. The number of amides is 1. The van der Waals surface area contributed by atoms with Gasteiger partial charge in [0.2, 0.25) is 0 Å². The van der Waals surface area contributed by atoms with Crippen LogP contribution in [-0.2, 0) is 17.7 Å². The highest BCUT2D eigenvalue weighted by Crippen LogP contribution is 2.21. The van der Waals surface area contributed by atoms with Gasteiger partial charge in [0.15, 0.2) is 5.96 Å². The van der Waals surface area contributed by atoms with Gasteiger partial charge in [0.05, 0.1) is 13.2 Å². The van der Waals surface area contributed by atoms with Crippen LogP contribution in [0.15, 0.2) is 29.3 Å². The molecule has 160 valence electrons. The summed E-state index contributed by atoms with van der Waals surface area (Å²) < 4.78 is 5.07. The Morgan fingerprint density at radius 1 is 1.24 bits per heavy atom. The minimum absolute atomic E-state index is 0.221. The lowest BCUT2D eigenvalue weighted by Crippen LogP contribution is -2.49. The molecule has 1 aromatic rings. The number of hydrogen-bond acceptors (Lipinski definition) is 4. The number of carbonyl (C=O) groups is 1. The van der Waals surface area contributed by atoms with Crippen LogP contribution in [0, 0.1) is 0 Å². The Bertz CT molecular complexity index is 700. The summed E-state index contributed by atoms with van der Waals surface area (Å²) in [6.45, 7) is 8.61. The van der Waals surface area contributed by atoms with E-state index in [9.17, 15) is 4.79 Å². The fraction of sp³-hybridized carbons (Fsp3) is 0.636. The third-order valence-corrected chi connectivity index (χ3v) is 5.99. The van der Waals surface area contributed by atoms with Gasteiger partial charge in [0, 0.05) is 38.3 Å². The minimum atomic E-state index is -0.221. The molecule has 1 amide bonds. The molecule has 1 aromatic carbocycles. The van der Waals surface area contributed by atoms with Crippen LogP contribution in [-0.4, -0.2) is 66.7 Å². The van der Waals surface area contributed by atoms with Crippen LogP contribution in [0.3, 0.4) is 0 Å². The highest BCUT2D eigenvalue weighted by molar-refractivity contribution is 5.78. The first-order chi connectivity index (χ1) is 14.1. The highest BCUT2D eigenvalue weighted by Gasteiger charge is 2.24. The van der Waals surface area contributed by atoms with E-state index in [0.29, 0.717) is 38.2 Å². The first kappa shape index (κ1) is 21.4. The second-order valence-electron chi connectivity index (χ2n) is 7.88. The molecule has 29 heavy (non-hydrogen) atoms. The predicted octanol–water partition coefficient (Wildman–Crippen LogP) is 2.35. The maximum atomic E-state index is 11.8. The van der Waals surface area contributed by atoms with Crippen LogP contribution >= 0.6 is 0 Å². The van der Waals surface area contributed by atoms with E-state index in [-0.39, 0.29) is 12.1 Å². The largest absolute Gasteiger partial charge is 0.450 e. The second-order valence-corrected chi connectivity index (χ2v) is 7.88. The summed E-state index contributed by atoms with van der Waals surface area (Å²) in [5.41, 5.74) is 9.07. The van der Waals surface area contributed by atoms with Gasteiger partial charge < -0.3 is 20.7 Å². The average Bonchev–Trinajstić information content (AvgIpc) is 2.74. The minimum Gasteiger partial charge on any atom is -0.450 e. The number of nitrogens with zero attached hydrogens (tertiary/aromatic N) is 3. The molecule has 3 rings (SSSR count). The number of benzene rings is 1. The van der Waals surface area contributed by atoms with E-state index in [1.165, 1.54) is 11.1 Å². The molecule has 2 aliphatic rings. The molecular formula is C22H35N5O2. The van der Waals surface area contributed by atoms with Crippen molar-refractivity contribution in [3.8, 4) is 0 Å². The Morgan fingerprint density at radius 2 is 1.97 bits per heavy atom. The quantitative estimate of drug-likeness (QED) is 0.565. The van der Waals surface area contributed by atoms with Crippen molar-refractivity contribution in [1.82, 2.24) is 15.1 Å². The number of likely N-dealkylation sites (tertiary alicyclic amines) is 1. The molecule has 0 spiro atoms. The number of rotatable bonds is 6. The number of fused-ring (bicyclic) bond motifs is 1. The molecular weight excluding hydrogens is 366 g/mol. The van der Waals surface area contributed by atoms with Gasteiger partial charge in [-0.2, -0.15) is 0 Å². The average molecular weight is 402 g/mol. The smallest absolute Gasteiger partial charge is 0.409 e. The van der Waals surface area contributed by atoms with Crippen LogP contribution in [0.4, 0.5) is 4.79 Å². The summed E-state index contributed by atoms with van der Waals surface area (Å²) in [6, 6.07) is 9.37. The Labute approximate surface area is 174 Å². The lowest BCUT2D eigenvalue weighted by Gasteiger charge is -2.34. The molecule has 0 bridgehead atoms. The molecule has 7 nitrogen and oxygen atoms in total. The van der Waals surface area contributed by atoms with Crippen LogP contribution in [0.25, 0.3) is 0 Å². The monoisotopic (exact) mass is 401 g/mol.